The van der Waals surface area contributed by atoms with Gasteiger partial charge in [-0.2, -0.15) is 5.10 Å². The fourth-order valence-corrected chi connectivity index (χ4v) is 5.47. The van der Waals surface area contributed by atoms with Crippen molar-refractivity contribution >= 4 is 17.5 Å². The molecule has 2 aliphatic rings. The first-order chi connectivity index (χ1) is 15.4. The molecule has 5 nitrogen and oxygen atoms in total. The molecule has 0 unspecified atom stereocenters. The maximum Gasteiger partial charge on any atom is 0.239 e. The Bertz CT molecular complexity index is 961. The first-order valence-electron chi connectivity index (χ1n) is 12.3. The van der Waals surface area contributed by atoms with E-state index in [2.05, 4.69) is 76.2 Å². The van der Waals surface area contributed by atoms with Crippen LogP contribution in [-0.4, -0.2) is 39.7 Å². The highest BCUT2D eigenvalue weighted by Crippen LogP contribution is 2.41. The maximum absolute atomic E-state index is 13.5. The molecule has 1 amide bonds. The predicted molar refractivity (Wildman–Crippen MR) is 134 cm³/mol. The third-order valence-corrected chi connectivity index (χ3v) is 7.76. The minimum absolute atomic E-state index is 0.0339. The van der Waals surface area contributed by atoms with Crippen molar-refractivity contribution in [1.29, 1.82) is 0 Å². The van der Waals surface area contributed by atoms with Gasteiger partial charge < -0.3 is 4.90 Å². The number of hydrogen-bond acceptors (Lipinski definition) is 3. The predicted octanol–water partition coefficient (Wildman–Crippen LogP) is 5.76. The first-order valence-corrected chi connectivity index (χ1v) is 12.7. The van der Waals surface area contributed by atoms with Crippen molar-refractivity contribution in [3.63, 3.8) is 0 Å². The number of hydrogen-bond donors (Lipinski definition) is 1. The van der Waals surface area contributed by atoms with Gasteiger partial charge in [-0.25, -0.2) is 0 Å². The molecule has 0 saturated carbocycles. The van der Waals surface area contributed by atoms with Crippen LogP contribution in [0.3, 0.4) is 0 Å². The second-order valence-electron chi connectivity index (χ2n) is 11.9. The third kappa shape index (κ3) is 5.30. The molecule has 1 N–H and O–H groups in total. The van der Waals surface area contributed by atoms with E-state index in [4.69, 9.17) is 16.7 Å². The lowest BCUT2D eigenvalue weighted by Crippen LogP contribution is -2.48. The molecular weight excluding hydrogens is 432 g/mol. The van der Waals surface area contributed by atoms with Crippen molar-refractivity contribution in [3.8, 4) is 0 Å². The van der Waals surface area contributed by atoms with Gasteiger partial charge in [0.15, 0.2) is 0 Å². The normalized spacial score (nSPS) is 24.9. The minimum atomic E-state index is -0.193. The zero-order valence-electron chi connectivity index (χ0n) is 20.9. The number of amides is 1. The van der Waals surface area contributed by atoms with Crippen molar-refractivity contribution < 1.29 is 4.79 Å². The first kappa shape index (κ1) is 24.3. The molecule has 2 saturated heterocycles. The van der Waals surface area contributed by atoms with E-state index in [-0.39, 0.29) is 29.4 Å². The minimum Gasteiger partial charge on any atom is -0.341 e. The Morgan fingerprint density at radius 2 is 1.67 bits per heavy atom. The van der Waals surface area contributed by atoms with Gasteiger partial charge >= 0.3 is 0 Å². The SMILES string of the molecule is CC(C)(C)C1CCN(C(=O)[C@@H]2C[C@H](c3ccn(C(C)(C)C)n3)[C@H](c3ccc(Cl)cc3)N2)CC1. The monoisotopic (exact) mass is 470 g/mol. The zero-order chi connectivity index (χ0) is 24.0. The fourth-order valence-electron chi connectivity index (χ4n) is 5.35. The average molecular weight is 471 g/mol. The fraction of sp³-hybridized carbons (Fsp3) is 0.630. The van der Waals surface area contributed by atoms with Gasteiger partial charge in [0.2, 0.25) is 5.91 Å². The molecule has 0 bridgehead atoms. The number of likely N-dealkylation sites (tertiary alicyclic amines) is 1. The van der Waals surface area contributed by atoms with E-state index in [1.165, 1.54) is 0 Å². The number of nitrogens with one attached hydrogen (secondary N) is 1. The van der Waals surface area contributed by atoms with E-state index in [9.17, 15) is 4.79 Å². The Kier molecular flexibility index (Phi) is 6.67. The quantitative estimate of drug-likeness (QED) is 0.620. The molecule has 0 radical (unpaired) electrons. The summed E-state index contributed by atoms with van der Waals surface area (Å²) in [6, 6.07) is 9.94. The van der Waals surface area contributed by atoms with Crippen LogP contribution in [0.2, 0.25) is 5.02 Å². The van der Waals surface area contributed by atoms with E-state index in [1.807, 2.05) is 16.8 Å². The molecule has 180 valence electrons. The number of benzene rings is 1. The number of halogens is 1. The highest BCUT2D eigenvalue weighted by molar-refractivity contribution is 6.30. The summed E-state index contributed by atoms with van der Waals surface area (Å²) in [6.45, 7) is 15.1. The van der Waals surface area contributed by atoms with Crippen LogP contribution < -0.4 is 5.32 Å². The van der Waals surface area contributed by atoms with Crippen molar-refractivity contribution in [1.82, 2.24) is 20.0 Å². The molecule has 3 atom stereocenters. The van der Waals surface area contributed by atoms with Gasteiger partial charge in [-0.1, -0.05) is 44.5 Å². The summed E-state index contributed by atoms with van der Waals surface area (Å²) in [6.07, 6.45) is 4.98. The maximum atomic E-state index is 13.5. The van der Waals surface area contributed by atoms with Crippen molar-refractivity contribution in [2.45, 2.75) is 84.3 Å². The molecule has 2 aromatic rings. The van der Waals surface area contributed by atoms with Crippen molar-refractivity contribution in [3.05, 3.63) is 52.8 Å². The summed E-state index contributed by atoms with van der Waals surface area (Å²) < 4.78 is 2.02. The largest absolute Gasteiger partial charge is 0.341 e. The van der Waals surface area contributed by atoms with Crippen molar-refractivity contribution in [2.24, 2.45) is 11.3 Å². The molecular formula is C27H39ClN4O. The molecule has 2 fully saturated rings. The van der Waals surface area contributed by atoms with E-state index >= 15 is 0 Å². The Morgan fingerprint density at radius 1 is 1.03 bits per heavy atom. The Labute approximate surface area is 203 Å². The summed E-state index contributed by atoms with van der Waals surface area (Å²) in [4.78, 5) is 15.6. The van der Waals surface area contributed by atoms with Gasteiger partial charge in [-0.15, -0.1) is 0 Å². The second-order valence-corrected chi connectivity index (χ2v) is 12.3. The molecule has 4 rings (SSSR count). The lowest BCUT2D eigenvalue weighted by atomic mass is 9.75. The molecule has 33 heavy (non-hydrogen) atoms. The van der Waals surface area contributed by atoms with Crippen LogP contribution >= 0.6 is 11.6 Å². The lowest BCUT2D eigenvalue weighted by Gasteiger charge is -2.39. The van der Waals surface area contributed by atoms with E-state index < -0.39 is 0 Å². The summed E-state index contributed by atoms with van der Waals surface area (Å²) in [5.41, 5.74) is 2.42. The molecule has 1 aromatic carbocycles. The van der Waals surface area contributed by atoms with E-state index in [0.29, 0.717) is 11.3 Å². The van der Waals surface area contributed by atoms with Gasteiger partial charge in [0.1, 0.15) is 0 Å². The molecule has 3 heterocycles. The third-order valence-electron chi connectivity index (χ3n) is 7.51. The van der Waals surface area contributed by atoms with Gasteiger partial charge in [0.05, 0.1) is 17.3 Å². The number of nitrogens with zero attached hydrogens (tertiary/aromatic N) is 3. The molecule has 6 heteroatoms. The Morgan fingerprint density at radius 3 is 2.21 bits per heavy atom. The summed E-state index contributed by atoms with van der Waals surface area (Å²) in [7, 11) is 0. The summed E-state index contributed by atoms with van der Waals surface area (Å²) >= 11 is 6.15. The Hall–Kier alpha value is -1.85. The van der Waals surface area contributed by atoms with Crippen molar-refractivity contribution in [2.75, 3.05) is 13.1 Å². The molecule has 0 aliphatic carbocycles. The van der Waals surface area contributed by atoms with Gasteiger partial charge in [-0.05, 0) is 75.1 Å². The van der Waals surface area contributed by atoms with Crippen LogP contribution in [-0.2, 0) is 10.3 Å². The summed E-state index contributed by atoms with van der Waals surface area (Å²) in [5.74, 6) is 1.05. The number of aromatic nitrogens is 2. The highest BCUT2D eigenvalue weighted by Gasteiger charge is 2.42. The number of rotatable bonds is 3. The highest BCUT2D eigenvalue weighted by atomic mass is 35.5. The zero-order valence-corrected chi connectivity index (χ0v) is 21.7. The topological polar surface area (TPSA) is 50.2 Å². The van der Waals surface area contributed by atoms with Gasteiger partial charge in [0.25, 0.3) is 0 Å². The van der Waals surface area contributed by atoms with Crippen LogP contribution in [0.25, 0.3) is 0 Å². The average Bonchev–Trinajstić information content (AvgIpc) is 3.40. The summed E-state index contributed by atoms with van der Waals surface area (Å²) in [5, 5.41) is 9.33. The number of piperidine rings is 1. The number of carbonyl (C=O) groups is 1. The van der Waals surface area contributed by atoms with Crippen LogP contribution in [0, 0.1) is 11.3 Å². The molecule has 1 aromatic heterocycles. The van der Waals surface area contributed by atoms with E-state index in [1.54, 1.807) is 0 Å². The number of carbonyl (C=O) groups excluding carboxylic acids is 1. The van der Waals surface area contributed by atoms with Gasteiger partial charge in [-0.3, -0.25) is 14.8 Å². The van der Waals surface area contributed by atoms with Crippen LogP contribution in [0.1, 0.15) is 84.0 Å². The standard InChI is InChI=1S/C27H39ClN4O/c1-26(2,3)19-11-14-31(15-12-19)25(33)23-17-21(22-13-16-32(30-22)27(4,5)6)24(29-23)18-7-9-20(28)10-8-18/h7-10,13,16,19,21,23-24,29H,11-12,14-15,17H2,1-6H3/t21-,23+,24+/m1/s1. The molecule has 0 spiro atoms. The van der Waals surface area contributed by atoms with Crippen LogP contribution in [0.4, 0.5) is 0 Å². The Balaban J connectivity index is 1.54. The smallest absolute Gasteiger partial charge is 0.239 e. The molecule has 2 aliphatic heterocycles. The van der Waals surface area contributed by atoms with Gasteiger partial charge in [0, 0.05) is 36.3 Å². The van der Waals surface area contributed by atoms with Crippen LogP contribution in [0.15, 0.2) is 36.5 Å². The van der Waals surface area contributed by atoms with E-state index in [0.717, 1.165) is 48.6 Å². The second kappa shape index (κ2) is 9.07. The lowest BCUT2D eigenvalue weighted by molar-refractivity contribution is -0.135. The van der Waals surface area contributed by atoms with Crippen LogP contribution in [0.5, 0.6) is 0 Å².